The summed E-state index contributed by atoms with van der Waals surface area (Å²) in [6.45, 7) is 7.09. The Labute approximate surface area is 101 Å². The SMILES string of the molecule is Cc1c(CNC(C)C)cnn1-c1ncccn1. The first-order valence-electron chi connectivity index (χ1n) is 5.72. The summed E-state index contributed by atoms with van der Waals surface area (Å²) < 4.78 is 1.76. The topological polar surface area (TPSA) is 55.6 Å². The van der Waals surface area contributed by atoms with Crippen molar-refractivity contribution in [2.24, 2.45) is 0 Å². The average Bonchev–Trinajstić information content (AvgIpc) is 2.69. The maximum atomic E-state index is 4.32. The van der Waals surface area contributed by atoms with E-state index in [4.69, 9.17) is 0 Å². The van der Waals surface area contributed by atoms with E-state index in [-0.39, 0.29) is 0 Å². The van der Waals surface area contributed by atoms with Gasteiger partial charge in [0.05, 0.1) is 6.20 Å². The summed E-state index contributed by atoms with van der Waals surface area (Å²) in [6, 6.07) is 2.26. The molecule has 0 aliphatic rings. The van der Waals surface area contributed by atoms with E-state index in [1.54, 1.807) is 23.1 Å². The number of nitrogens with one attached hydrogen (secondary N) is 1. The standard InChI is InChI=1S/C12H17N5/c1-9(2)15-7-11-8-16-17(10(11)3)12-13-5-4-6-14-12/h4-6,8-9,15H,7H2,1-3H3. The van der Waals surface area contributed by atoms with Gasteiger partial charge in [-0.25, -0.2) is 14.6 Å². The predicted molar refractivity (Wildman–Crippen MR) is 65.9 cm³/mol. The van der Waals surface area contributed by atoms with E-state index in [9.17, 15) is 0 Å². The first-order valence-corrected chi connectivity index (χ1v) is 5.72. The van der Waals surface area contributed by atoms with Crippen molar-refractivity contribution in [3.05, 3.63) is 35.9 Å². The molecule has 17 heavy (non-hydrogen) atoms. The highest BCUT2D eigenvalue weighted by atomic mass is 15.3. The zero-order chi connectivity index (χ0) is 12.3. The Morgan fingerprint density at radius 1 is 1.29 bits per heavy atom. The van der Waals surface area contributed by atoms with Crippen LogP contribution in [0.3, 0.4) is 0 Å². The van der Waals surface area contributed by atoms with E-state index in [1.807, 2.05) is 13.1 Å². The van der Waals surface area contributed by atoms with Gasteiger partial charge in [0.2, 0.25) is 0 Å². The molecule has 0 bridgehead atoms. The molecule has 5 heteroatoms. The van der Waals surface area contributed by atoms with Gasteiger partial charge in [0, 0.05) is 36.2 Å². The molecule has 2 aromatic rings. The molecule has 0 saturated heterocycles. The molecular formula is C12H17N5. The smallest absolute Gasteiger partial charge is 0.250 e. The lowest BCUT2D eigenvalue weighted by Crippen LogP contribution is -2.22. The number of hydrogen-bond acceptors (Lipinski definition) is 4. The Kier molecular flexibility index (Phi) is 3.49. The summed E-state index contributed by atoms with van der Waals surface area (Å²) in [6.07, 6.45) is 5.30. The molecule has 0 saturated carbocycles. The molecule has 0 radical (unpaired) electrons. The second kappa shape index (κ2) is 5.05. The van der Waals surface area contributed by atoms with Gasteiger partial charge in [-0.05, 0) is 13.0 Å². The Bertz CT molecular complexity index is 475. The maximum Gasteiger partial charge on any atom is 0.250 e. The van der Waals surface area contributed by atoms with Crippen LogP contribution in [0.15, 0.2) is 24.7 Å². The summed E-state index contributed by atoms with van der Waals surface area (Å²) in [5.74, 6) is 0.612. The van der Waals surface area contributed by atoms with Crippen molar-refractivity contribution in [1.82, 2.24) is 25.1 Å². The third-order valence-electron chi connectivity index (χ3n) is 2.55. The lowest BCUT2D eigenvalue weighted by atomic mass is 10.2. The van der Waals surface area contributed by atoms with Crippen molar-refractivity contribution in [3.8, 4) is 5.95 Å². The molecule has 0 atom stereocenters. The van der Waals surface area contributed by atoms with Crippen LogP contribution in [0.1, 0.15) is 25.1 Å². The maximum absolute atomic E-state index is 4.32. The quantitative estimate of drug-likeness (QED) is 0.865. The molecule has 5 nitrogen and oxygen atoms in total. The summed E-state index contributed by atoms with van der Waals surface area (Å²) >= 11 is 0. The van der Waals surface area contributed by atoms with E-state index in [0.29, 0.717) is 12.0 Å². The van der Waals surface area contributed by atoms with E-state index < -0.39 is 0 Å². The van der Waals surface area contributed by atoms with Crippen LogP contribution in [0.4, 0.5) is 0 Å². The van der Waals surface area contributed by atoms with E-state index in [1.165, 1.54) is 5.56 Å². The molecule has 90 valence electrons. The summed E-state index contributed by atoms with van der Waals surface area (Å²) in [5, 5.41) is 7.69. The van der Waals surface area contributed by atoms with Gasteiger partial charge in [0.25, 0.3) is 5.95 Å². The highest BCUT2D eigenvalue weighted by Crippen LogP contribution is 2.10. The molecule has 0 aliphatic heterocycles. The molecule has 2 heterocycles. The van der Waals surface area contributed by atoms with Crippen LogP contribution in [0.25, 0.3) is 5.95 Å². The van der Waals surface area contributed by atoms with E-state index >= 15 is 0 Å². The second-order valence-corrected chi connectivity index (χ2v) is 4.25. The van der Waals surface area contributed by atoms with Crippen molar-refractivity contribution in [3.63, 3.8) is 0 Å². The fraction of sp³-hybridized carbons (Fsp3) is 0.417. The van der Waals surface area contributed by atoms with Crippen LogP contribution >= 0.6 is 0 Å². The van der Waals surface area contributed by atoms with Gasteiger partial charge in [-0.1, -0.05) is 13.8 Å². The molecule has 0 aromatic carbocycles. The lowest BCUT2D eigenvalue weighted by Gasteiger charge is -2.07. The Hall–Kier alpha value is -1.75. The van der Waals surface area contributed by atoms with Gasteiger partial charge in [0.15, 0.2) is 0 Å². The molecular weight excluding hydrogens is 214 g/mol. The van der Waals surface area contributed by atoms with Crippen molar-refractivity contribution < 1.29 is 0 Å². The van der Waals surface area contributed by atoms with Crippen molar-refractivity contribution in [2.75, 3.05) is 0 Å². The number of hydrogen-bond donors (Lipinski definition) is 1. The minimum atomic E-state index is 0.464. The molecule has 0 aliphatic carbocycles. The third kappa shape index (κ3) is 2.68. The third-order valence-corrected chi connectivity index (χ3v) is 2.55. The van der Waals surface area contributed by atoms with E-state index in [0.717, 1.165) is 12.2 Å². The Morgan fingerprint density at radius 3 is 2.65 bits per heavy atom. The largest absolute Gasteiger partial charge is 0.310 e. The second-order valence-electron chi connectivity index (χ2n) is 4.25. The fourth-order valence-corrected chi connectivity index (χ4v) is 1.53. The zero-order valence-electron chi connectivity index (χ0n) is 10.4. The van der Waals surface area contributed by atoms with Crippen LogP contribution in [-0.4, -0.2) is 25.8 Å². The Balaban J connectivity index is 2.21. The van der Waals surface area contributed by atoms with Gasteiger partial charge in [0.1, 0.15) is 0 Å². The minimum Gasteiger partial charge on any atom is -0.310 e. The van der Waals surface area contributed by atoms with Crippen molar-refractivity contribution in [1.29, 1.82) is 0 Å². The number of nitrogens with zero attached hydrogens (tertiary/aromatic N) is 4. The van der Waals surface area contributed by atoms with Gasteiger partial charge < -0.3 is 5.32 Å². The van der Waals surface area contributed by atoms with Gasteiger partial charge >= 0.3 is 0 Å². The molecule has 1 N–H and O–H groups in total. The molecule has 0 amide bonds. The van der Waals surface area contributed by atoms with Crippen LogP contribution in [0, 0.1) is 6.92 Å². The minimum absolute atomic E-state index is 0.464. The predicted octanol–water partition coefficient (Wildman–Crippen LogP) is 1.47. The van der Waals surface area contributed by atoms with Gasteiger partial charge in [-0.2, -0.15) is 5.10 Å². The van der Waals surface area contributed by atoms with Crippen LogP contribution in [-0.2, 0) is 6.54 Å². The van der Waals surface area contributed by atoms with E-state index in [2.05, 4.69) is 34.2 Å². The van der Waals surface area contributed by atoms with Crippen LogP contribution < -0.4 is 5.32 Å². The highest BCUT2D eigenvalue weighted by Gasteiger charge is 2.09. The van der Waals surface area contributed by atoms with Crippen LogP contribution in [0.5, 0.6) is 0 Å². The highest BCUT2D eigenvalue weighted by molar-refractivity contribution is 5.23. The zero-order valence-corrected chi connectivity index (χ0v) is 10.4. The molecule has 0 fully saturated rings. The molecule has 2 rings (SSSR count). The first kappa shape index (κ1) is 11.7. The normalized spacial score (nSPS) is 11.1. The average molecular weight is 231 g/mol. The fourth-order valence-electron chi connectivity index (χ4n) is 1.53. The molecule has 0 unspecified atom stereocenters. The first-order chi connectivity index (χ1) is 8.18. The van der Waals surface area contributed by atoms with Crippen LogP contribution in [0.2, 0.25) is 0 Å². The summed E-state index contributed by atoms with van der Waals surface area (Å²) in [5.41, 5.74) is 2.25. The molecule has 2 aromatic heterocycles. The molecule has 0 spiro atoms. The van der Waals surface area contributed by atoms with Crippen molar-refractivity contribution >= 4 is 0 Å². The van der Waals surface area contributed by atoms with Gasteiger partial charge in [-0.3, -0.25) is 0 Å². The van der Waals surface area contributed by atoms with Crippen molar-refractivity contribution in [2.45, 2.75) is 33.4 Å². The Morgan fingerprint density at radius 2 is 2.00 bits per heavy atom. The number of rotatable bonds is 4. The summed E-state index contributed by atoms with van der Waals surface area (Å²) in [7, 11) is 0. The van der Waals surface area contributed by atoms with Gasteiger partial charge in [-0.15, -0.1) is 0 Å². The summed E-state index contributed by atoms with van der Waals surface area (Å²) in [4.78, 5) is 8.37. The monoisotopic (exact) mass is 231 g/mol. The lowest BCUT2D eigenvalue weighted by molar-refractivity contribution is 0.587. The number of aromatic nitrogens is 4.